The molecule has 0 aromatic carbocycles. The summed E-state index contributed by atoms with van der Waals surface area (Å²) in [5, 5.41) is 11.7. The van der Waals surface area contributed by atoms with Gasteiger partial charge < -0.3 is 20.1 Å². The van der Waals surface area contributed by atoms with Crippen LogP contribution >= 0.6 is 0 Å². The first kappa shape index (κ1) is 16.7. The zero-order valence-corrected chi connectivity index (χ0v) is 12.5. The normalized spacial score (nSPS) is 17.6. The van der Waals surface area contributed by atoms with Crippen LogP contribution in [0.1, 0.15) is 20.3 Å². The fourth-order valence-electron chi connectivity index (χ4n) is 2.29. The third kappa shape index (κ3) is 5.75. The van der Waals surface area contributed by atoms with Crippen molar-refractivity contribution in [1.82, 2.24) is 15.1 Å². The lowest BCUT2D eigenvalue weighted by molar-refractivity contribution is -0.138. The SMILES string of the molecule is COCC(C)(C)NC(=O)N1CCCN(CC(=O)O)CC1. The number of aliphatic carboxylic acids is 1. The first-order valence-electron chi connectivity index (χ1n) is 6.84. The van der Waals surface area contributed by atoms with E-state index in [1.807, 2.05) is 18.7 Å². The molecule has 1 aliphatic rings. The Labute approximate surface area is 119 Å². The summed E-state index contributed by atoms with van der Waals surface area (Å²) < 4.78 is 5.07. The van der Waals surface area contributed by atoms with Crippen molar-refractivity contribution in [2.45, 2.75) is 25.8 Å². The molecule has 0 radical (unpaired) electrons. The molecule has 1 saturated heterocycles. The molecule has 2 amide bonds. The molecule has 0 aliphatic carbocycles. The molecule has 1 fully saturated rings. The monoisotopic (exact) mass is 287 g/mol. The summed E-state index contributed by atoms with van der Waals surface area (Å²) in [5.74, 6) is -0.830. The minimum atomic E-state index is -0.830. The maximum absolute atomic E-state index is 12.2. The molecule has 2 N–H and O–H groups in total. The van der Waals surface area contributed by atoms with E-state index in [2.05, 4.69) is 5.32 Å². The van der Waals surface area contributed by atoms with Crippen molar-refractivity contribution >= 4 is 12.0 Å². The van der Waals surface area contributed by atoms with Gasteiger partial charge in [0.2, 0.25) is 0 Å². The molecule has 116 valence electrons. The third-order valence-corrected chi connectivity index (χ3v) is 3.19. The fourth-order valence-corrected chi connectivity index (χ4v) is 2.29. The maximum Gasteiger partial charge on any atom is 0.317 e. The molecule has 0 aromatic rings. The van der Waals surface area contributed by atoms with Gasteiger partial charge in [-0.15, -0.1) is 0 Å². The van der Waals surface area contributed by atoms with Crippen molar-refractivity contribution in [2.24, 2.45) is 0 Å². The fraction of sp³-hybridized carbons (Fsp3) is 0.846. The molecule has 0 aromatic heterocycles. The van der Waals surface area contributed by atoms with Crippen LogP contribution in [-0.2, 0) is 9.53 Å². The summed E-state index contributed by atoms with van der Waals surface area (Å²) in [4.78, 5) is 26.5. The van der Waals surface area contributed by atoms with E-state index in [1.54, 1.807) is 12.0 Å². The standard InChI is InChI=1S/C13H25N3O4/c1-13(2,10-20-3)14-12(19)16-6-4-5-15(7-8-16)9-11(17)18/h4-10H2,1-3H3,(H,14,19)(H,17,18). The summed E-state index contributed by atoms with van der Waals surface area (Å²) in [5.41, 5.74) is -0.418. The molecule has 1 heterocycles. The van der Waals surface area contributed by atoms with E-state index in [-0.39, 0.29) is 12.6 Å². The number of nitrogens with one attached hydrogen (secondary N) is 1. The van der Waals surface area contributed by atoms with E-state index in [0.29, 0.717) is 32.8 Å². The highest BCUT2D eigenvalue weighted by atomic mass is 16.5. The molecule has 0 atom stereocenters. The van der Waals surface area contributed by atoms with Crippen molar-refractivity contribution in [3.63, 3.8) is 0 Å². The van der Waals surface area contributed by atoms with Gasteiger partial charge in [0.05, 0.1) is 18.7 Å². The molecule has 1 aliphatic heterocycles. The average Bonchev–Trinajstić information content (AvgIpc) is 2.53. The summed E-state index contributed by atoms with van der Waals surface area (Å²) in [6.45, 7) is 6.77. The Morgan fingerprint density at radius 1 is 1.25 bits per heavy atom. The maximum atomic E-state index is 12.2. The first-order valence-corrected chi connectivity index (χ1v) is 6.84. The number of hydrogen-bond donors (Lipinski definition) is 2. The topological polar surface area (TPSA) is 82.1 Å². The van der Waals surface area contributed by atoms with Crippen LogP contribution in [0.25, 0.3) is 0 Å². The van der Waals surface area contributed by atoms with Gasteiger partial charge in [-0.3, -0.25) is 9.69 Å². The molecule has 20 heavy (non-hydrogen) atoms. The van der Waals surface area contributed by atoms with Gasteiger partial charge in [-0.25, -0.2) is 4.79 Å². The number of carboxylic acids is 1. The third-order valence-electron chi connectivity index (χ3n) is 3.19. The predicted molar refractivity (Wildman–Crippen MR) is 74.8 cm³/mol. The average molecular weight is 287 g/mol. The van der Waals surface area contributed by atoms with Gasteiger partial charge in [-0.1, -0.05) is 0 Å². The van der Waals surface area contributed by atoms with E-state index in [9.17, 15) is 9.59 Å². The number of urea groups is 1. The zero-order valence-electron chi connectivity index (χ0n) is 12.5. The number of carbonyl (C=O) groups excluding carboxylic acids is 1. The van der Waals surface area contributed by atoms with Gasteiger partial charge in [0.1, 0.15) is 0 Å². The molecule has 7 nitrogen and oxygen atoms in total. The van der Waals surface area contributed by atoms with Gasteiger partial charge in [-0.2, -0.15) is 0 Å². The second kappa shape index (κ2) is 7.44. The number of carboxylic acid groups (broad SMARTS) is 1. The van der Waals surface area contributed by atoms with Crippen LogP contribution in [0.3, 0.4) is 0 Å². The van der Waals surface area contributed by atoms with Gasteiger partial charge in [0.15, 0.2) is 0 Å². The molecule has 0 unspecified atom stereocenters. The molecular formula is C13H25N3O4. The van der Waals surface area contributed by atoms with Crippen molar-refractivity contribution < 1.29 is 19.4 Å². The predicted octanol–water partition coefficient (Wildman–Crippen LogP) is 0.213. The van der Waals surface area contributed by atoms with Crippen LogP contribution < -0.4 is 5.32 Å². The van der Waals surface area contributed by atoms with Gasteiger partial charge in [-0.05, 0) is 20.3 Å². The minimum Gasteiger partial charge on any atom is -0.480 e. The van der Waals surface area contributed by atoms with Gasteiger partial charge in [0, 0.05) is 33.3 Å². The van der Waals surface area contributed by atoms with Crippen LogP contribution in [0.4, 0.5) is 4.79 Å². The number of methoxy groups -OCH3 is 1. The summed E-state index contributed by atoms with van der Waals surface area (Å²) in [6, 6.07) is -0.121. The smallest absolute Gasteiger partial charge is 0.317 e. The number of rotatable bonds is 5. The molecular weight excluding hydrogens is 262 g/mol. The van der Waals surface area contributed by atoms with Crippen LogP contribution in [0, 0.1) is 0 Å². The lowest BCUT2D eigenvalue weighted by Crippen LogP contribution is -2.53. The second-order valence-electron chi connectivity index (χ2n) is 5.76. The highest BCUT2D eigenvalue weighted by Crippen LogP contribution is 2.07. The highest BCUT2D eigenvalue weighted by molar-refractivity contribution is 5.75. The van der Waals surface area contributed by atoms with Crippen LogP contribution in [-0.4, -0.2) is 78.9 Å². The molecule has 0 spiro atoms. The molecule has 7 heteroatoms. The van der Waals surface area contributed by atoms with Gasteiger partial charge >= 0.3 is 12.0 Å². The number of nitrogens with zero attached hydrogens (tertiary/aromatic N) is 2. The lowest BCUT2D eigenvalue weighted by atomic mass is 10.1. The van der Waals surface area contributed by atoms with Crippen LogP contribution in [0.2, 0.25) is 0 Å². The molecule has 1 rings (SSSR count). The van der Waals surface area contributed by atoms with E-state index < -0.39 is 11.5 Å². The Bertz CT molecular complexity index is 347. The minimum absolute atomic E-state index is 0.0324. The number of carbonyl (C=O) groups is 2. The Kier molecular flexibility index (Phi) is 6.22. The highest BCUT2D eigenvalue weighted by Gasteiger charge is 2.25. The quantitative estimate of drug-likeness (QED) is 0.755. The van der Waals surface area contributed by atoms with Crippen LogP contribution in [0.15, 0.2) is 0 Å². The largest absolute Gasteiger partial charge is 0.480 e. The van der Waals surface area contributed by atoms with E-state index in [4.69, 9.17) is 9.84 Å². The number of amides is 2. The lowest BCUT2D eigenvalue weighted by Gasteiger charge is -2.30. The van der Waals surface area contributed by atoms with E-state index >= 15 is 0 Å². The summed E-state index contributed by atoms with van der Waals surface area (Å²) in [6.07, 6.45) is 0.783. The molecule has 0 saturated carbocycles. The number of hydrogen-bond acceptors (Lipinski definition) is 4. The van der Waals surface area contributed by atoms with E-state index in [1.165, 1.54) is 0 Å². The Balaban J connectivity index is 2.48. The number of ether oxygens (including phenoxy) is 1. The second-order valence-corrected chi connectivity index (χ2v) is 5.76. The zero-order chi connectivity index (χ0) is 15.2. The Morgan fingerprint density at radius 2 is 1.95 bits per heavy atom. The summed E-state index contributed by atoms with van der Waals surface area (Å²) >= 11 is 0. The van der Waals surface area contributed by atoms with Crippen molar-refractivity contribution in [3.8, 4) is 0 Å². The van der Waals surface area contributed by atoms with Gasteiger partial charge in [0.25, 0.3) is 0 Å². The summed E-state index contributed by atoms with van der Waals surface area (Å²) in [7, 11) is 1.60. The Morgan fingerprint density at radius 3 is 2.55 bits per heavy atom. The van der Waals surface area contributed by atoms with Crippen LogP contribution in [0.5, 0.6) is 0 Å². The molecule has 0 bridgehead atoms. The van der Waals surface area contributed by atoms with E-state index in [0.717, 1.165) is 6.42 Å². The first-order chi connectivity index (χ1) is 9.34. The van der Waals surface area contributed by atoms with Crippen molar-refractivity contribution in [1.29, 1.82) is 0 Å². The Hall–Kier alpha value is -1.34. The van der Waals surface area contributed by atoms with Crippen molar-refractivity contribution in [2.75, 3.05) is 46.4 Å². The van der Waals surface area contributed by atoms with Crippen molar-refractivity contribution in [3.05, 3.63) is 0 Å².